The maximum atomic E-state index is 12.1. The summed E-state index contributed by atoms with van der Waals surface area (Å²) in [5.74, 6) is -1.77. The minimum Gasteiger partial charge on any atom is -0.456 e. The van der Waals surface area contributed by atoms with Gasteiger partial charge in [0.2, 0.25) is 11.8 Å². The van der Waals surface area contributed by atoms with E-state index in [1.807, 2.05) is 0 Å². The highest BCUT2D eigenvalue weighted by Gasteiger charge is 2.29. The summed E-state index contributed by atoms with van der Waals surface area (Å²) in [5, 5.41) is 12.6. The molecule has 0 radical (unpaired) electrons. The van der Waals surface area contributed by atoms with Gasteiger partial charge in [0.15, 0.2) is 6.61 Å². The highest BCUT2D eigenvalue weighted by atomic mass is 32.1. The number of likely N-dealkylation sites (tertiary alicyclic amines) is 1. The van der Waals surface area contributed by atoms with Gasteiger partial charge in [-0.05, 0) is 31.2 Å². The Kier molecular flexibility index (Phi) is 6.41. The van der Waals surface area contributed by atoms with E-state index in [9.17, 15) is 24.4 Å². The normalized spacial score (nSPS) is 16.3. The SMILES string of the molecule is N#Cc1c(NC(=O)COC(=O)CCN2C(=O)CCC2=O)sc2c1CCCCC2. The third kappa shape index (κ3) is 4.57. The second-order valence-corrected chi connectivity index (χ2v) is 7.88. The molecule has 1 aliphatic carbocycles. The largest absolute Gasteiger partial charge is 0.456 e. The minimum absolute atomic E-state index is 0.0334. The molecule has 0 saturated carbocycles. The number of carbonyl (C=O) groups excluding carboxylic acids is 4. The first-order valence-electron chi connectivity index (χ1n) is 9.33. The fourth-order valence-electron chi connectivity index (χ4n) is 3.41. The average Bonchev–Trinajstić information content (AvgIpc) is 3.06. The van der Waals surface area contributed by atoms with Gasteiger partial charge in [-0.25, -0.2) is 0 Å². The van der Waals surface area contributed by atoms with Gasteiger partial charge < -0.3 is 10.1 Å². The first kappa shape index (κ1) is 20.0. The van der Waals surface area contributed by atoms with Crippen molar-refractivity contribution in [1.82, 2.24) is 4.90 Å². The van der Waals surface area contributed by atoms with E-state index in [2.05, 4.69) is 11.4 Å². The lowest BCUT2D eigenvalue weighted by molar-refractivity contribution is -0.148. The Morgan fingerprint density at radius 3 is 2.54 bits per heavy atom. The van der Waals surface area contributed by atoms with Crippen molar-refractivity contribution in [3.63, 3.8) is 0 Å². The number of fused-ring (bicyclic) bond motifs is 1. The van der Waals surface area contributed by atoms with Gasteiger partial charge in [0, 0.05) is 24.3 Å². The average molecular weight is 403 g/mol. The molecule has 1 aromatic rings. The molecule has 1 N–H and O–H groups in total. The highest BCUT2D eigenvalue weighted by Crippen LogP contribution is 2.36. The third-order valence-corrected chi connectivity index (χ3v) is 6.05. The van der Waals surface area contributed by atoms with Crippen LogP contribution in [0.25, 0.3) is 0 Å². The number of nitrogens with one attached hydrogen (secondary N) is 1. The second-order valence-electron chi connectivity index (χ2n) is 6.78. The Bertz CT molecular complexity index is 838. The van der Waals surface area contributed by atoms with Crippen LogP contribution >= 0.6 is 11.3 Å². The molecular formula is C19H21N3O5S. The molecule has 1 aliphatic heterocycles. The smallest absolute Gasteiger partial charge is 0.308 e. The second kappa shape index (κ2) is 8.97. The number of amides is 3. The van der Waals surface area contributed by atoms with E-state index in [-0.39, 0.29) is 37.6 Å². The predicted molar refractivity (Wildman–Crippen MR) is 100 cm³/mol. The fourth-order valence-corrected chi connectivity index (χ4v) is 4.66. The van der Waals surface area contributed by atoms with Crippen molar-refractivity contribution in [3.05, 3.63) is 16.0 Å². The number of esters is 1. The van der Waals surface area contributed by atoms with Crippen molar-refractivity contribution in [1.29, 1.82) is 5.26 Å². The van der Waals surface area contributed by atoms with Crippen LogP contribution < -0.4 is 5.32 Å². The molecule has 0 aromatic carbocycles. The Balaban J connectivity index is 1.49. The van der Waals surface area contributed by atoms with Crippen LogP contribution in [0.2, 0.25) is 0 Å². The van der Waals surface area contributed by atoms with Crippen molar-refractivity contribution in [2.75, 3.05) is 18.5 Å². The van der Waals surface area contributed by atoms with Crippen molar-refractivity contribution < 1.29 is 23.9 Å². The van der Waals surface area contributed by atoms with Crippen LogP contribution in [0, 0.1) is 11.3 Å². The summed E-state index contributed by atoms with van der Waals surface area (Å²) >= 11 is 1.41. The topological polar surface area (TPSA) is 117 Å². The summed E-state index contributed by atoms with van der Waals surface area (Å²) in [4.78, 5) is 49.1. The number of nitriles is 1. The first-order valence-corrected chi connectivity index (χ1v) is 10.1. The van der Waals surface area contributed by atoms with E-state index < -0.39 is 18.5 Å². The van der Waals surface area contributed by atoms with Gasteiger partial charge in [-0.1, -0.05) is 6.42 Å². The van der Waals surface area contributed by atoms with Crippen LogP contribution in [-0.2, 0) is 36.8 Å². The van der Waals surface area contributed by atoms with E-state index in [0.29, 0.717) is 10.6 Å². The molecule has 9 heteroatoms. The van der Waals surface area contributed by atoms with Gasteiger partial charge in [-0.15, -0.1) is 11.3 Å². The highest BCUT2D eigenvalue weighted by molar-refractivity contribution is 7.16. The van der Waals surface area contributed by atoms with E-state index in [1.165, 1.54) is 11.3 Å². The Morgan fingerprint density at radius 2 is 1.82 bits per heavy atom. The van der Waals surface area contributed by atoms with Gasteiger partial charge in [-0.3, -0.25) is 24.1 Å². The Morgan fingerprint density at radius 1 is 1.11 bits per heavy atom. The van der Waals surface area contributed by atoms with Crippen molar-refractivity contribution in [3.8, 4) is 6.07 Å². The summed E-state index contributed by atoms with van der Waals surface area (Å²) < 4.78 is 4.92. The molecule has 0 spiro atoms. The summed E-state index contributed by atoms with van der Waals surface area (Å²) in [6.45, 7) is -0.511. The monoisotopic (exact) mass is 403 g/mol. The van der Waals surface area contributed by atoms with Crippen molar-refractivity contribution in [2.24, 2.45) is 0 Å². The molecule has 1 saturated heterocycles. The van der Waals surface area contributed by atoms with Crippen LogP contribution in [0.5, 0.6) is 0 Å². The number of carbonyl (C=O) groups is 4. The Labute approximate surface area is 166 Å². The molecule has 0 atom stereocenters. The van der Waals surface area contributed by atoms with Crippen LogP contribution in [0.4, 0.5) is 5.00 Å². The third-order valence-electron chi connectivity index (χ3n) is 4.84. The van der Waals surface area contributed by atoms with Crippen LogP contribution in [0.15, 0.2) is 0 Å². The number of aryl methyl sites for hydroxylation is 1. The lowest BCUT2D eigenvalue weighted by Crippen LogP contribution is -2.32. The molecule has 3 rings (SSSR count). The molecule has 2 heterocycles. The minimum atomic E-state index is -0.662. The molecule has 28 heavy (non-hydrogen) atoms. The summed E-state index contributed by atoms with van der Waals surface area (Å²) in [7, 11) is 0. The lowest BCUT2D eigenvalue weighted by Gasteiger charge is -2.12. The van der Waals surface area contributed by atoms with Gasteiger partial charge in [-0.2, -0.15) is 5.26 Å². The molecule has 148 valence electrons. The van der Waals surface area contributed by atoms with Crippen molar-refractivity contribution >= 4 is 40.0 Å². The lowest BCUT2D eigenvalue weighted by atomic mass is 10.1. The first-order chi connectivity index (χ1) is 13.5. The van der Waals surface area contributed by atoms with Gasteiger partial charge in [0.25, 0.3) is 5.91 Å². The van der Waals surface area contributed by atoms with Gasteiger partial charge in [0.1, 0.15) is 11.1 Å². The van der Waals surface area contributed by atoms with Crippen molar-refractivity contribution in [2.45, 2.75) is 51.4 Å². The molecule has 1 aromatic heterocycles. The Hall–Kier alpha value is -2.73. The van der Waals surface area contributed by atoms with Crippen LogP contribution in [0.3, 0.4) is 0 Å². The molecular weight excluding hydrogens is 382 g/mol. The van der Waals surface area contributed by atoms with Gasteiger partial charge >= 0.3 is 5.97 Å². The summed E-state index contributed by atoms with van der Waals surface area (Å²) in [6, 6.07) is 2.18. The van der Waals surface area contributed by atoms with E-state index in [1.54, 1.807) is 0 Å². The maximum absolute atomic E-state index is 12.1. The zero-order valence-corrected chi connectivity index (χ0v) is 16.2. The van der Waals surface area contributed by atoms with E-state index >= 15 is 0 Å². The number of nitrogens with zero attached hydrogens (tertiary/aromatic N) is 2. The molecule has 3 amide bonds. The van der Waals surface area contributed by atoms with E-state index in [0.717, 1.165) is 47.4 Å². The number of thiophene rings is 1. The molecule has 2 aliphatic rings. The number of anilines is 1. The molecule has 0 bridgehead atoms. The van der Waals surface area contributed by atoms with Crippen LogP contribution in [-0.4, -0.2) is 41.7 Å². The molecule has 0 unspecified atom stereocenters. The summed E-state index contributed by atoms with van der Waals surface area (Å²) in [5.41, 5.74) is 1.53. The van der Waals surface area contributed by atoms with Crippen LogP contribution in [0.1, 0.15) is 54.5 Å². The number of hydrogen-bond acceptors (Lipinski definition) is 7. The van der Waals surface area contributed by atoms with E-state index in [4.69, 9.17) is 4.74 Å². The zero-order chi connectivity index (χ0) is 20.1. The maximum Gasteiger partial charge on any atom is 0.308 e. The zero-order valence-electron chi connectivity index (χ0n) is 15.4. The quantitative estimate of drug-likeness (QED) is 0.441. The number of rotatable bonds is 6. The predicted octanol–water partition coefficient (Wildman–Crippen LogP) is 1.91. The van der Waals surface area contributed by atoms with Gasteiger partial charge in [0.05, 0.1) is 12.0 Å². The number of imide groups is 1. The summed E-state index contributed by atoms with van der Waals surface area (Å²) in [6.07, 6.45) is 5.18. The molecule has 8 nitrogen and oxygen atoms in total. The number of ether oxygens (including phenoxy) is 1. The standard InChI is InChI=1S/C19H21N3O5S/c20-10-13-12-4-2-1-3-5-14(12)28-19(13)21-15(23)11-27-18(26)8-9-22-16(24)6-7-17(22)25/h1-9,11H2,(H,21,23). The number of hydrogen-bond donors (Lipinski definition) is 1. The molecule has 1 fully saturated rings. The fraction of sp³-hybridized carbons (Fsp3) is 0.526.